The molecule has 1 rings (SSSR count). The molecule has 0 aliphatic heterocycles. The summed E-state index contributed by atoms with van der Waals surface area (Å²) in [4.78, 5) is 27.6. The minimum atomic E-state index is -0.960. The summed E-state index contributed by atoms with van der Waals surface area (Å²) in [7, 11) is 0. The predicted molar refractivity (Wildman–Crippen MR) is 62.6 cm³/mol. The van der Waals surface area contributed by atoms with Gasteiger partial charge in [0, 0.05) is 19.3 Å². The van der Waals surface area contributed by atoms with Crippen molar-refractivity contribution in [1.82, 2.24) is 9.88 Å². The maximum Gasteiger partial charge on any atom is 0.308 e. The first-order chi connectivity index (χ1) is 8.45. The van der Waals surface area contributed by atoms with E-state index in [0.717, 1.165) is 12.3 Å². The molecule has 18 heavy (non-hydrogen) atoms. The second-order valence-corrected chi connectivity index (χ2v) is 3.95. The van der Waals surface area contributed by atoms with Gasteiger partial charge in [-0.3, -0.25) is 9.59 Å². The number of amides is 1. The first-order valence-electron chi connectivity index (χ1n) is 5.59. The quantitative estimate of drug-likeness (QED) is 0.806. The van der Waals surface area contributed by atoms with Gasteiger partial charge in [0.1, 0.15) is 0 Å². The molecule has 0 radical (unpaired) electrons. The number of carboxylic acids is 1. The fourth-order valence-corrected chi connectivity index (χ4v) is 1.45. The minimum absolute atomic E-state index is 0.113. The zero-order chi connectivity index (χ0) is 13.7. The molecule has 0 aliphatic rings. The summed E-state index contributed by atoms with van der Waals surface area (Å²) in [5.41, 5.74) is 0.246. The molecule has 1 aromatic heterocycles. The Labute approximate surface area is 104 Å². The Bertz CT molecular complexity index is 433. The Kier molecular flexibility index (Phi) is 4.76. The van der Waals surface area contributed by atoms with E-state index in [1.807, 2.05) is 0 Å². The van der Waals surface area contributed by atoms with Gasteiger partial charge in [0.15, 0.2) is 0 Å². The normalized spacial score (nSPS) is 11.9. The van der Waals surface area contributed by atoms with Gasteiger partial charge in [-0.15, -0.1) is 0 Å². The number of hydrogen-bond donors (Lipinski definition) is 1. The lowest BCUT2D eigenvalue weighted by Gasteiger charge is -2.22. The van der Waals surface area contributed by atoms with E-state index >= 15 is 0 Å². The molecule has 5 nitrogen and oxygen atoms in total. The fraction of sp³-hybridized carbons (Fsp3) is 0.417. The third-order valence-corrected chi connectivity index (χ3v) is 2.56. The van der Waals surface area contributed by atoms with Crippen LogP contribution in [0.3, 0.4) is 0 Å². The number of aromatic nitrogens is 1. The van der Waals surface area contributed by atoms with Gasteiger partial charge in [0.2, 0.25) is 5.95 Å². The summed E-state index contributed by atoms with van der Waals surface area (Å²) in [6, 6.07) is 2.43. The topological polar surface area (TPSA) is 70.5 Å². The number of aliphatic carboxylic acids is 1. The van der Waals surface area contributed by atoms with E-state index in [1.54, 1.807) is 6.92 Å². The molecule has 1 unspecified atom stereocenters. The van der Waals surface area contributed by atoms with Crippen molar-refractivity contribution in [2.75, 3.05) is 13.1 Å². The Morgan fingerprint density at radius 3 is 2.61 bits per heavy atom. The maximum atomic E-state index is 12.6. The van der Waals surface area contributed by atoms with Crippen molar-refractivity contribution in [3.63, 3.8) is 0 Å². The van der Waals surface area contributed by atoms with Crippen molar-refractivity contribution >= 4 is 11.9 Å². The third kappa shape index (κ3) is 3.51. The Balaban J connectivity index is 2.79. The molecule has 0 aromatic carbocycles. The summed E-state index contributed by atoms with van der Waals surface area (Å²) in [6.45, 7) is 3.78. The molecule has 1 heterocycles. The summed E-state index contributed by atoms with van der Waals surface area (Å²) in [6.07, 6.45) is 1.14. The maximum absolute atomic E-state index is 12.6. The van der Waals surface area contributed by atoms with Crippen LogP contribution in [0.1, 0.15) is 24.2 Å². The summed E-state index contributed by atoms with van der Waals surface area (Å²) in [5.74, 6) is -2.62. The van der Waals surface area contributed by atoms with E-state index in [1.165, 1.54) is 17.9 Å². The number of carboxylic acid groups (broad SMARTS) is 1. The monoisotopic (exact) mass is 254 g/mol. The highest BCUT2D eigenvalue weighted by Gasteiger charge is 2.20. The van der Waals surface area contributed by atoms with Crippen molar-refractivity contribution < 1.29 is 19.1 Å². The van der Waals surface area contributed by atoms with Gasteiger partial charge < -0.3 is 10.0 Å². The van der Waals surface area contributed by atoms with Gasteiger partial charge in [0.25, 0.3) is 5.91 Å². The zero-order valence-corrected chi connectivity index (χ0v) is 10.3. The van der Waals surface area contributed by atoms with Gasteiger partial charge in [-0.05, 0) is 19.1 Å². The molecular weight excluding hydrogens is 239 g/mol. The first-order valence-corrected chi connectivity index (χ1v) is 5.59. The van der Waals surface area contributed by atoms with Gasteiger partial charge in [-0.25, -0.2) is 4.98 Å². The molecule has 1 atom stereocenters. The molecule has 1 N–H and O–H groups in total. The standard InChI is InChI=1S/C12H15FN2O3/c1-3-15(7-8(2)12(17)18)11(16)9-4-5-10(13)14-6-9/h4-6,8H,3,7H2,1-2H3,(H,17,18). The number of halogens is 1. The lowest BCUT2D eigenvalue weighted by atomic mass is 10.1. The van der Waals surface area contributed by atoms with Crippen LogP contribution in [0.4, 0.5) is 4.39 Å². The Hall–Kier alpha value is -1.98. The van der Waals surface area contributed by atoms with Crippen molar-refractivity contribution in [2.45, 2.75) is 13.8 Å². The summed E-state index contributed by atoms with van der Waals surface area (Å²) < 4.78 is 12.6. The zero-order valence-electron chi connectivity index (χ0n) is 10.3. The highest BCUT2D eigenvalue weighted by Crippen LogP contribution is 2.07. The molecule has 6 heteroatoms. The smallest absolute Gasteiger partial charge is 0.308 e. The lowest BCUT2D eigenvalue weighted by Crippen LogP contribution is -2.36. The Morgan fingerprint density at radius 2 is 2.17 bits per heavy atom. The van der Waals surface area contributed by atoms with Crippen LogP contribution in [0, 0.1) is 11.9 Å². The van der Waals surface area contributed by atoms with Crippen LogP contribution >= 0.6 is 0 Å². The molecule has 0 spiro atoms. The highest BCUT2D eigenvalue weighted by molar-refractivity contribution is 5.94. The largest absolute Gasteiger partial charge is 0.481 e. The van der Waals surface area contributed by atoms with Crippen LogP contribution in [-0.4, -0.2) is 40.0 Å². The van der Waals surface area contributed by atoms with Crippen LogP contribution in [0.2, 0.25) is 0 Å². The van der Waals surface area contributed by atoms with E-state index in [-0.39, 0.29) is 18.0 Å². The third-order valence-electron chi connectivity index (χ3n) is 2.56. The molecule has 1 aromatic rings. The van der Waals surface area contributed by atoms with Gasteiger partial charge in [0.05, 0.1) is 11.5 Å². The van der Waals surface area contributed by atoms with Gasteiger partial charge in [-0.1, -0.05) is 6.92 Å². The second-order valence-electron chi connectivity index (χ2n) is 3.95. The number of carbonyl (C=O) groups is 2. The number of rotatable bonds is 5. The number of pyridine rings is 1. The van der Waals surface area contributed by atoms with E-state index in [4.69, 9.17) is 5.11 Å². The molecule has 0 saturated heterocycles. The first kappa shape index (κ1) is 14.1. The van der Waals surface area contributed by atoms with Crippen LogP contribution in [0.15, 0.2) is 18.3 Å². The number of carbonyl (C=O) groups excluding carboxylic acids is 1. The van der Waals surface area contributed by atoms with E-state index in [2.05, 4.69) is 4.98 Å². The van der Waals surface area contributed by atoms with Crippen LogP contribution in [0.5, 0.6) is 0 Å². The van der Waals surface area contributed by atoms with Crippen molar-refractivity contribution in [1.29, 1.82) is 0 Å². The lowest BCUT2D eigenvalue weighted by molar-refractivity contribution is -0.141. The van der Waals surface area contributed by atoms with Crippen molar-refractivity contribution in [3.05, 3.63) is 29.8 Å². The predicted octanol–water partition coefficient (Wildman–Crippen LogP) is 1.40. The molecule has 1 amide bonds. The summed E-state index contributed by atoms with van der Waals surface area (Å²) >= 11 is 0. The molecule has 0 fully saturated rings. The molecule has 0 saturated carbocycles. The van der Waals surface area contributed by atoms with E-state index in [0.29, 0.717) is 6.54 Å². The SMILES string of the molecule is CCN(CC(C)C(=O)O)C(=O)c1ccc(F)nc1. The summed E-state index contributed by atoms with van der Waals surface area (Å²) in [5, 5.41) is 8.82. The van der Waals surface area contributed by atoms with Crippen LogP contribution < -0.4 is 0 Å². The van der Waals surface area contributed by atoms with Gasteiger partial charge in [-0.2, -0.15) is 4.39 Å². The fourth-order valence-electron chi connectivity index (χ4n) is 1.45. The molecule has 0 aliphatic carbocycles. The second kappa shape index (κ2) is 6.09. The van der Waals surface area contributed by atoms with E-state index in [9.17, 15) is 14.0 Å². The Morgan fingerprint density at radius 1 is 1.50 bits per heavy atom. The van der Waals surface area contributed by atoms with E-state index < -0.39 is 17.8 Å². The average molecular weight is 254 g/mol. The minimum Gasteiger partial charge on any atom is -0.481 e. The average Bonchev–Trinajstić information content (AvgIpc) is 2.35. The van der Waals surface area contributed by atoms with Crippen molar-refractivity contribution in [2.24, 2.45) is 5.92 Å². The molecule has 98 valence electrons. The van der Waals surface area contributed by atoms with Crippen LogP contribution in [0.25, 0.3) is 0 Å². The highest BCUT2D eigenvalue weighted by atomic mass is 19.1. The number of hydrogen-bond acceptors (Lipinski definition) is 3. The van der Waals surface area contributed by atoms with Crippen LogP contribution in [-0.2, 0) is 4.79 Å². The van der Waals surface area contributed by atoms with Gasteiger partial charge >= 0.3 is 5.97 Å². The molecular formula is C12H15FN2O3. The number of nitrogens with zero attached hydrogens (tertiary/aromatic N) is 2. The molecule has 0 bridgehead atoms. The van der Waals surface area contributed by atoms with Crippen molar-refractivity contribution in [3.8, 4) is 0 Å².